The maximum absolute atomic E-state index is 6.66. The van der Waals surface area contributed by atoms with E-state index in [9.17, 15) is 0 Å². The molecule has 0 unspecified atom stereocenters. The summed E-state index contributed by atoms with van der Waals surface area (Å²) in [7, 11) is 4.46. The molecule has 3 aliphatic carbocycles. The monoisotopic (exact) mass is 976 g/mol. The number of anilines is 6. The number of para-hydroxylation sites is 4. The molecule has 0 N–H and O–H groups in total. The van der Waals surface area contributed by atoms with E-state index in [0.29, 0.717) is 0 Å². The van der Waals surface area contributed by atoms with E-state index < -0.39 is 0 Å². The van der Waals surface area contributed by atoms with Crippen molar-refractivity contribution in [3.63, 3.8) is 0 Å². The van der Waals surface area contributed by atoms with Gasteiger partial charge in [0, 0.05) is 91.7 Å². The number of hydrogen-bond acceptors (Lipinski definition) is 3. The first kappa shape index (κ1) is 43.1. The maximum Gasteiger partial charge on any atom is 0.137 e. The van der Waals surface area contributed by atoms with Crippen LogP contribution in [0.2, 0.25) is 0 Å². The fourth-order valence-corrected chi connectivity index (χ4v) is 13.9. The first-order chi connectivity index (χ1) is 37.2. The molecule has 0 saturated carbocycles. The second kappa shape index (κ2) is 15.6. The molecule has 0 atom stereocenters. The minimum atomic E-state index is -0.389. The zero-order chi connectivity index (χ0) is 50.7. The van der Waals surface area contributed by atoms with Crippen molar-refractivity contribution in [2.24, 2.45) is 14.1 Å². The molecular weight excluding hydrogens is 925 g/mol. The minimum absolute atomic E-state index is 0.389. The van der Waals surface area contributed by atoms with E-state index in [4.69, 9.17) is 4.42 Å². The third kappa shape index (κ3) is 5.80. The van der Waals surface area contributed by atoms with Crippen LogP contribution in [0.5, 0.6) is 0 Å². The highest BCUT2D eigenvalue weighted by atomic mass is 16.3. The Bertz CT molecular complexity index is 4740. The molecule has 0 saturated heterocycles. The highest BCUT2D eigenvalue weighted by molar-refractivity contribution is 6.16. The van der Waals surface area contributed by atoms with E-state index in [1.165, 1.54) is 99.2 Å². The minimum Gasteiger partial charge on any atom is -0.456 e. The van der Waals surface area contributed by atoms with Gasteiger partial charge in [-0.2, -0.15) is 0 Å². The molecule has 5 heteroatoms. The van der Waals surface area contributed by atoms with Crippen LogP contribution in [0.1, 0.15) is 53.8 Å². The first-order valence-corrected chi connectivity index (χ1v) is 26.6. The Morgan fingerprint density at radius 3 is 1.92 bits per heavy atom. The number of allylic oxidation sites excluding steroid dienone is 1. The lowest BCUT2D eigenvalue weighted by Crippen LogP contribution is -2.18. The van der Waals surface area contributed by atoms with Gasteiger partial charge in [0.2, 0.25) is 0 Å². The van der Waals surface area contributed by atoms with Gasteiger partial charge in [-0.1, -0.05) is 154 Å². The SMILES string of the molecule is C=C1c2ccccc2-c2ccc(N(c3ccc4c(c3)C(C)(C)c3cc(N(c5ccc6c(c5)oc5ccccc56)c5cccc6c7c(n(C)c56)CCC=C7)c5ccccc5c3-4)c3cccc4c5ccccc5n(C)c34)cc21. The summed E-state index contributed by atoms with van der Waals surface area (Å²) in [5.41, 5.74) is 25.4. The van der Waals surface area contributed by atoms with Crippen molar-refractivity contribution >= 4 is 111 Å². The van der Waals surface area contributed by atoms with Crippen molar-refractivity contribution in [3.8, 4) is 22.3 Å². The largest absolute Gasteiger partial charge is 0.456 e. The van der Waals surface area contributed by atoms with E-state index in [0.717, 1.165) is 74.5 Å². The third-order valence-corrected chi connectivity index (χ3v) is 17.5. The molecule has 0 amide bonds. The molecule has 16 rings (SSSR count). The summed E-state index contributed by atoms with van der Waals surface area (Å²) in [6.45, 7) is 9.52. The number of benzene rings is 10. The van der Waals surface area contributed by atoms with Crippen molar-refractivity contribution in [1.29, 1.82) is 0 Å². The number of fused-ring (bicyclic) bond motifs is 17. The van der Waals surface area contributed by atoms with Crippen molar-refractivity contribution < 1.29 is 4.42 Å². The number of nitrogens with zero attached hydrogens (tertiary/aromatic N) is 4. The predicted molar refractivity (Wildman–Crippen MR) is 320 cm³/mol. The van der Waals surface area contributed by atoms with Gasteiger partial charge in [0.15, 0.2) is 0 Å². The van der Waals surface area contributed by atoms with Crippen molar-refractivity contribution in [3.05, 3.63) is 240 Å². The molecule has 0 bridgehead atoms. The Morgan fingerprint density at radius 2 is 1.08 bits per heavy atom. The van der Waals surface area contributed by atoms with Crippen LogP contribution in [-0.4, -0.2) is 9.13 Å². The van der Waals surface area contributed by atoms with Gasteiger partial charge in [-0.3, -0.25) is 0 Å². The normalized spacial score (nSPS) is 14.0. The molecule has 10 aromatic carbocycles. The van der Waals surface area contributed by atoms with E-state index in [2.05, 4.69) is 260 Å². The van der Waals surface area contributed by atoms with E-state index in [-0.39, 0.29) is 5.41 Å². The summed E-state index contributed by atoms with van der Waals surface area (Å²) in [6.07, 6.45) is 6.71. The number of furan rings is 1. The fraction of sp³-hybridized carbons (Fsp3) is 0.0986. The summed E-state index contributed by atoms with van der Waals surface area (Å²) in [5.74, 6) is 0. The van der Waals surface area contributed by atoms with E-state index in [1.807, 2.05) is 0 Å². The van der Waals surface area contributed by atoms with Crippen molar-refractivity contribution in [1.82, 2.24) is 9.13 Å². The van der Waals surface area contributed by atoms with Crippen molar-refractivity contribution in [2.45, 2.75) is 32.1 Å². The van der Waals surface area contributed by atoms with Crippen LogP contribution < -0.4 is 9.80 Å². The van der Waals surface area contributed by atoms with Crippen LogP contribution in [0.4, 0.5) is 34.1 Å². The molecule has 13 aromatic rings. The average molecular weight is 977 g/mol. The molecule has 362 valence electrons. The van der Waals surface area contributed by atoms with Gasteiger partial charge in [0.1, 0.15) is 11.2 Å². The van der Waals surface area contributed by atoms with E-state index >= 15 is 0 Å². The topological polar surface area (TPSA) is 29.5 Å². The van der Waals surface area contributed by atoms with Gasteiger partial charge in [-0.15, -0.1) is 0 Å². The maximum atomic E-state index is 6.66. The van der Waals surface area contributed by atoms with Crippen LogP contribution in [0.25, 0.3) is 99.3 Å². The standard InChI is InChI=1S/C71H52N4O/c1-42-46-18-6-7-19-47(46)48-35-32-43(38-58(42)48)74(63-29-16-25-55-50-21-10-13-27-61(50)72(4)69(55)63)44-34-37-57-59(39-44)71(2,3)60-41-65(49-20-8-9-24-54(49)68(57)60)75(45-33-36-53-52-23-12-15-31-66(52)76-67(53)40-45)64-30-17-26-56-51-22-11-14-28-62(51)73(5)70(56)64/h6-13,15-27,29-41H,1,14,28H2,2-5H3. The molecule has 0 spiro atoms. The van der Waals surface area contributed by atoms with E-state index in [1.54, 1.807) is 0 Å². The molecule has 0 radical (unpaired) electrons. The lowest BCUT2D eigenvalue weighted by atomic mass is 9.81. The highest BCUT2D eigenvalue weighted by Gasteiger charge is 2.39. The van der Waals surface area contributed by atoms with Crippen molar-refractivity contribution in [2.75, 3.05) is 9.80 Å². The van der Waals surface area contributed by atoms with Gasteiger partial charge in [0.05, 0.1) is 28.1 Å². The summed E-state index contributed by atoms with van der Waals surface area (Å²) in [5, 5.41) is 8.42. The Labute approximate surface area is 441 Å². The zero-order valence-corrected chi connectivity index (χ0v) is 42.9. The smallest absolute Gasteiger partial charge is 0.137 e. The van der Waals surface area contributed by atoms with Crippen LogP contribution in [-0.2, 0) is 25.9 Å². The van der Waals surface area contributed by atoms with Gasteiger partial charge in [0.25, 0.3) is 0 Å². The Balaban J connectivity index is 0.919. The lowest BCUT2D eigenvalue weighted by Gasteiger charge is -2.31. The number of aromatic nitrogens is 2. The van der Waals surface area contributed by atoms with Gasteiger partial charge >= 0.3 is 0 Å². The Kier molecular flexibility index (Phi) is 8.85. The van der Waals surface area contributed by atoms with Gasteiger partial charge in [-0.25, -0.2) is 0 Å². The van der Waals surface area contributed by atoms with Gasteiger partial charge < -0.3 is 23.4 Å². The summed E-state index contributed by atoms with van der Waals surface area (Å²) < 4.78 is 11.5. The van der Waals surface area contributed by atoms with Crippen LogP contribution in [0.3, 0.4) is 0 Å². The molecule has 3 aliphatic rings. The van der Waals surface area contributed by atoms with Gasteiger partial charge in [-0.05, 0) is 135 Å². The second-order valence-corrected chi connectivity index (χ2v) is 21.7. The molecule has 0 fully saturated rings. The van der Waals surface area contributed by atoms with Crippen LogP contribution in [0, 0.1) is 0 Å². The Morgan fingerprint density at radius 1 is 0.461 bits per heavy atom. The predicted octanol–water partition coefficient (Wildman–Crippen LogP) is 19.1. The summed E-state index contributed by atoms with van der Waals surface area (Å²) >= 11 is 0. The summed E-state index contributed by atoms with van der Waals surface area (Å²) in [6, 6.07) is 72.0. The lowest BCUT2D eigenvalue weighted by molar-refractivity contribution is 0.661. The number of aryl methyl sites for hydroxylation is 2. The third-order valence-electron chi connectivity index (χ3n) is 17.5. The zero-order valence-electron chi connectivity index (χ0n) is 42.9. The molecule has 76 heavy (non-hydrogen) atoms. The quantitative estimate of drug-likeness (QED) is 0.166. The second-order valence-electron chi connectivity index (χ2n) is 21.7. The molecule has 0 aliphatic heterocycles. The molecular formula is C71H52N4O. The van der Waals surface area contributed by atoms with Crippen LogP contribution >= 0.6 is 0 Å². The fourth-order valence-electron chi connectivity index (χ4n) is 13.9. The Hall–Kier alpha value is -9.32. The first-order valence-electron chi connectivity index (χ1n) is 26.6. The average Bonchev–Trinajstić information content (AvgIpc) is 4.35. The highest BCUT2D eigenvalue weighted by Crippen LogP contribution is 2.57. The molecule has 3 aromatic heterocycles. The summed E-state index contributed by atoms with van der Waals surface area (Å²) in [4.78, 5) is 5.01. The number of hydrogen-bond donors (Lipinski definition) is 0. The molecule has 3 heterocycles. The number of rotatable bonds is 6. The molecule has 5 nitrogen and oxygen atoms in total. The van der Waals surface area contributed by atoms with Crippen LogP contribution in [0.15, 0.2) is 211 Å².